The summed E-state index contributed by atoms with van der Waals surface area (Å²) in [6.07, 6.45) is 2.03. The second-order valence-electron chi connectivity index (χ2n) is 4.00. The number of benzene rings is 1. The van der Waals surface area contributed by atoms with E-state index in [0.717, 1.165) is 24.2 Å². The summed E-state index contributed by atoms with van der Waals surface area (Å²) in [5.41, 5.74) is 1.01. The van der Waals surface area contributed by atoms with Crippen LogP contribution in [0.3, 0.4) is 0 Å². The molecule has 1 amide bonds. The van der Waals surface area contributed by atoms with Crippen molar-refractivity contribution >= 4 is 5.91 Å². The molecule has 0 saturated heterocycles. The quantitative estimate of drug-likeness (QED) is 0.817. The minimum Gasteiger partial charge on any atom is -0.497 e. The van der Waals surface area contributed by atoms with Gasteiger partial charge in [-0.25, -0.2) is 0 Å². The Bertz CT molecular complexity index is 383. The molecule has 3 heteroatoms. The van der Waals surface area contributed by atoms with Gasteiger partial charge in [0.2, 0.25) is 5.91 Å². The molecular weight excluding hydrogens is 190 g/mol. The molecule has 1 aliphatic rings. The zero-order chi connectivity index (χ0) is 10.9. The van der Waals surface area contributed by atoms with Crippen LogP contribution >= 0.6 is 0 Å². The van der Waals surface area contributed by atoms with Crippen molar-refractivity contribution in [3.05, 3.63) is 29.8 Å². The number of nitrogens with one attached hydrogen (secondary N) is 1. The smallest absolute Gasteiger partial charge is 0.217 e. The van der Waals surface area contributed by atoms with E-state index in [2.05, 4.69) is 5.32 Å². The summed E-state index contributed by atoms with van der Waals surface area (Å²) in [5, 5.41) is 3.00. The molecule has 0 radical (unpaired) electrons. The van der Waals surface area contributed by atoms with Crippen molar-refractivity contribution in [2.45, 2.75) is 25.3 Å². The summed E-state index contributed by atoms with van der Waals surface area (Å²) in [6, 6.07) is 7.89. The van der Waals surface area contributed by atoms with Crippen LogP contribution in [-0.4, -0.2) is 13.0 Å². The van der Waals surface area contributed by atoms with Gasteiger partial charge in [-0.15, -0.1) is 0 Å². The summed E-state index contributed by atoms with van der Waals surface area (Å²) in [6.45, 7) is 1.56. The van der Waals surface area contributed by atoms with E-state index in [4.69, 9.17) is 4.74 Å². The lowest BCUT2D eigenvalue weighted by molar-refractivity contribution is -0.120. The van der Waals surface area contributed by atoms with Gasteiger partial charge in [0.05, 0.1) is 12.6 Å². The summed E-state index contributed by atoms with van der Waals surface area (Å²) in [4.78, 5) is 11.1. The van der Waals surface area contributed by atoms with Crippen molar-refractivity contribution in [2.75, 3.05) is 7.11 Å². The Morgan fingerprint density at radius 1 is 1.47 bits per heavy atom. The fourth-order valence-electron chi connectivity index (χ4n) is 1.87. The lowest BCUT2D eigenvalue weighted by atomic mass is 10.0. The second-order valence-corrected chi connectivity index (χ2v) is 4.00. The average molecular weight is 205 g/mol. The van der Waals surface area contributed by atoms with Gasteiger partial charge in [0.15, 0.2) is 0 Å². The summed E-state index contributed by atoms with van der Waals surface area (Å²) in [5.74, 6) is 0.861. The molecule has 1 N–H and O–H groups in total. The van der Waals surface area contributed by atoms with E-state index >= 15 is 0 Å². The van der Waals surface area contributed by atoms with Crippen molar-refractivity contribution in [2.24, 2.45) is 0 Å². The molecule has 0 bridgehead atoms. The summed E-state index contributed by atoms with van der Waals surface area (Å²) in [7, 11) is 1.65. The van der Waals surface area contributed by atoms with Crippen molar-refractivity contribution in [1.29, 1.82) is 0 Å². The fourth-order valence-corrected chi connectivity index (χ4v) is 1.87. The Hall–Kier alpha value is -1.51. The normalized spacial score (nSPS) is 16.9. The van der Waals surface area contributed by atoms with Crippen LogP contribution in [0.2, 0.25) is 0 Å². The number of rotatable bonds is 3. The number of amides is 1. The van der Waals surface area contributed by atoms with Crippen LogP contribution in [0, 0.1) is 0 Å². The zero-order valence-electron chi connectivity index (χ0n) is 9.04. The van der Waals surface area contributed by atoms with E-state index in [1.54, 1.807) is 14.0 Å². The van der Waals surface area contributed by atoms with Crippen LogP contribution in [0.5, 0.6) is 5.75 Å². The van der Waals surface area contributed by atoms with Gasteiger partial charge < -0.3 is 10.1 Å². The molecule has 0 aliphatic heterocycles. The molecule has 1 aromatic carbocycles. The summed E-state index contributed by atoms with van der Waals surface area (Å²) < 4.78 is 5.17. The molecule has 15 heavy (non-hydrogen) atoms. The van der Waals surface area contributed by atoms with E-state index < -0.39 is 0 Å². The first-order valence-corrected chi connectivity index (χ1v) is 5.09. The Balaban J connectivity index is 2.25. The minimum atomic E-state index is -0.125. The van der Waals surface area contributed by atoms with E-state index in [-0.39, 0.29) is 11.4 Å². The molecule has 1 fully saturated rings. The molecule has 2 rings (SSSR count). The van der Waals surface area contributed by atoms with E-state index in [1.165, 1.54) is 0 Å². The van der Waals surface area contributed by atoms with Crippen LogP contribution in [-0.2, 0) is 10.3 Å². The lowest BCUT2D eigenvalue weighted by Gasteiger charge is -2.17. The standard InChI is InChI=1S/C12H15NO2/c1-9(14)13-12(6-7-12)10-4-3-5-11(8-10)15-2/h3-5,8H,6-7H2,1-2H3,(H,13,14). The Labute approximate surface area is 89.4 Å². The molecule has 0 atom stereocenters. The third-order valence-corrected chi connectivity index (χ3v) is 2.79. The number of hydrogen-bond acceptors (Lipinski definition) is 2. The average Bonchev–Trinajstić information content (AvgIpc) is 2.98. The zero-order valence-corrected chi connectivity index (χ0v) is 9.04. The van der Waals surface area contributed by atoms with Gasteiger partial charge >= 0.3 is 0 Å². The maximum atomic E-state index is 11.1. The van der Waals surface area contributed by atoms with Gasteiger partial charge in [-0.1, -0.05) is 12.1 Å². The lowest BCUT2D eigenvalue weighted by Crippen LogP contribution is -2.32. The van der Waals surface area contributed by atoms with E-state index in [9.17, 15) is 4.79 Å². The fraction of sp³-hybridized carbons (Fsp3) is 0.417. The van der Waals surface area contributed by atoms with Crippen molar-refractivity contribution in [3.63, 3.8) is 0 Å². The number of ether oxygens (including phenoxy) is 1. The molecule has 3 nitrogen and oxygen atoms in total. The molecule has 0 unspecified atom stereocenters. The van der Waals surface area contributed by atoms with Gasteiger partial charge in [0.1, 0.15) is 5.75 Å². The van der Waals surface area contributed by atoms with Gasteiger partial charge in [-0.2, -0.15) is 0 Å². The topological polar surface area (TPSA) is 38.3 Å². The van der Waals surface area contributed by atoms with Gasteiger partial charge in [-0.05, 0) is 30.5 Å². The van der Waals surface area contributed by atoms with Crippen molar-refractivity contribution < 1.29 is 9.53 Å². The molecule has 80 valence electrons. The Morgan fingerprint density at radius 3 is 2.73 bits per heavy atom. The predicted octanol–water partition coefficient (Wildman–Crippen LogP) is 1.82. The monoisotopic (exact) mass is 205 g/mol. The highest BCUT2D eigenvalue weighted by atomic mass is 16.5. The number of carbonyl (C=O) groups excluding carboxylic acids is 1. The minimum absolute atomic E-state index is 0.0234. The first kappa shape index (κ1) is 10.0. The molecule has 1 aliphatic carbocycles. The molecule has 1 saturated carbocycles. The summed E-state index contributed by atoms with van der Waals surface area (Å²) >= 11 is 0. The molecule has 1 aromatic rings. The highest BCUT2D eigenvalue weighted by Crippen LogP contribution is 2.46. The maximum Gasteiger partial charge on any atom is 0.217 e. The highest BCUT2D eigenvalue weighted by molar-refractivity contribution is 5.74. The van der Waals surface area contributed by atoms with E-state index in [1.807, 2.05) is 24.3 Å². The molecular formula is C12H15NO2. The highest BCUT2D eigenvalue weighted by Gasteiger charge is 2.45. The predicted molar refractivity (Wildman–Crippen MR) is 57.7 cm³/mol. The Kier molecular flexibility index (Phi) is 2.39. The van der Waals surface area contributed by atoms with Crippen LogP contribution in [0.4, 0.5) is 0 Å². The first-order valence-electron chi connectivity index (χ1n) is 5.09. The second kappa shape index (κ2) is 3.57. The van der Waals surface area contributed by atoms with Crippen molar-refractivity contribution in [3.8, 4) is 5.75 Å². The first-order chi connectivity index (χ1) is 7.16. The van der Waals surface area contributed by atoms with Gasteiger partial charge in [0, 0.05) is 6.92 Å². The third-order valence-electron chi connectivity index (χ3n) is 2.79. The number of carbonyl (C=O) groups is 1. The SMILES string of the molecule is COc1cccc(C2(NC(C)=O)CC2)c1. The Morgan fingerprint density at radius 2 is 2.20 bits per heavy atom. The maximum absolute atomic E-state index is 11.1. The molecule has 0 heterocycles. The largest absolute Gasteiger partial charge is 0.497 e. The van der Waals surface area contributed by atoms with Crippen LogP contribution < -0.4 is 10.1 Å². The van der Waals surface area contributed by atoms with Crippen LogP contribution in [0.15, 0.2) is 24.3 Å². The van der Waals surface area contributed by atoms with E-state index in [0.29, 0.717) is 0 Å². The van der Waals surface area contributed by atoms with Gasteiger partial charge in [-0.3, -0.25) is 4.79 Å². The number of hydrogen-bond donors (Lipinski definition) is 1. The van der Waals surface area contributed by atoms with Crippen molar-refractivity contribution in [1.82, 2.24) is 5.32 Å². The van der Waals surface area contributed by atoms with Crippen LogP contribution in [0.1, 0.15) is 25.3 Å². The van der Waals surface area contributed by atoms with Gasteiger partial charge in [0.25, 0.3) is 0 Å². The molecule has 0 aromatic heterocycles. The third kappa shape index (κ3) is 1.96. The van der Waals surface area contributed by atoms with Crippen LogP contribution in [0.25, 0.3) is 0 Å². The number of methoxy groups -OCH3 is 1. The molecule has 0 spiro atoms.